The van der Waals surface area contributed by atoms with E-state index in [2.05, 4.69) is 41.3 Å². The van der Waals surface area contributed by atoms with Crippen molar-refractivity contribution < 1.29 is 0 Å². The van der Waals surface area contributed by atoms with Crippen LogP contribution >= 0.6 is 11.6 Å². The summed E-state index contributed by atoms with van der Waals surface area (Å²) in [6.45, 7) is 2.45. The van der Waals surface area contributed by atoms with Gasteiger partial charge in [-0.05, 0) is 48.1 Å². The summed E-state index contributed by atoms with van der Waals surface area (Å²) in [5, 5.41) is 0. The summed E-state index contributed by atoms with van der Waals surface area (Å²) < 4.78 is 0. The molecule has 0 amide bonds. The monoisotopic (exact) mass is 273 g/mol. The molecular weight excluding hydrogens is 254 g/mol. The Morgan fingerprint density at radius 2 is 1.63 bits per heavy atom. The molecule has 4 atom stereocenters. The van der Waals surface area contributed by atoms with E-state index in [0.29, 0.717) is 5.88 Å². The lowest BCUT2D eigenvalue weighted by atomic mass is 9.64. The van der Waals surface area contributed by atoms with Crippen molar-refractivity contribution in [3.8, 4) is 0 Å². The summed E-state index contributed by atoms with van der Waals surface area (Å²) in [5.41, 5.74) is 2.65. The normalized spacial score (nSPS) is 35.7. The molecule has 2 heteroatoms. The first-order valence-corrected chi connectivity index (χ1v) is 7.97. The molecule has 1 aromatic carbocycles. The Morgan fingerprint density at radius 1 is 1.00 bits per heavy atom. The fourth-order valence-electron chi connectivity index (χ4n) is 4.47. The van der Waals surface area contributed by atoms with Gasteiger partial charge in [0.05, 0.1) is 0 Å². The van der Waals surface area contributed by atoms with E-state index in [4.69, 9.17) is 11.6 Å². The van der Waals surface area contributed by atoms with E-state index >= 15 is 0 Å². The first-order valence-electron chi connectivity index (χ1n) is 7.44. The average molecular weight is 274 g/mol. The molecule has 0 aromatic heterocycles. The van der Waals surface area contributed by atoms with E-state index in [0.717, 1.165) is 23.7 Å². The van der Waals surface area contributed by atoms with Crippen LogP contribution in [0, 0.1) is 23.7 Å². The maximum absolute atomic E-state index is 6.09. The third kappa shape index (κ3) is 1.82. The van der Waals surface area contributed by atoms with Crippen LogP contribution in [0.4, 0.5) is 5.69 Å². The zero-order valence-corrected chi connectivity index (χ0v) is 11.9. The van der Waals surface area contributed by atoms with Crippen molar-refractivity contribution >= 4 is 17.3 Å². The number of benzene rings is 1. The molecule has 0 N–H and O–H groups in total. The number of rotatable bonds is 2. The zero-order chi connectivity index (χ0) is 12.8. The number of para-hydroxylation sites is 1. The minimum Gasteiger partial charge on any atom is -0.371 e. The third-order valence-electron chi connectivity index (χ3n) is 5.43. The van der Waals surface area contributed by atoms with Crippen molar-refractivity contribution in [3.05, 3.63) is 42.0 Å². The minimum atomic E-state index is 0.618. The van der Waals surface area contributed by atoms with Gasteiger partial charge in [0.25, 0.3) is 0 Å². The van der Waals surface area contributed by atoms with Crippen LogP contribution in [0.1, 0.15) is 18.4 Å². The molecule has 1 saturated carbocycles. The molecule has 3 aliphatic carbocycles. The van der Waals surface area contributed by atoms with Crippen LogP contribution in [-0.2, 0) is 5.88 Å². The topological polar surface area (TPSA) is 3.24 Å². The second-order valence-electron chi connectivity index (χ2n) is 6.28. The number of anilines is 1. The highest BCUT2D eigenvalue weighted by Gasteiger charge is 2.46. The Balaban J connectivity index is 1.63. The number of fused-ring (bicyclic) bond motifs is 1. The van der Waals surface area contributed by atoms with Crippen molar-refractivity contribution in [2.24, 2.45) is 23.7 Å². The SMILES string of the molecule is ClCc1ccccc1N1CC2C3C=CC(CC3)C2C1. The fourth-order valence-corrected chi connectivity index (χ4v) is 4.69. The molecule has 5 rings (SSSR count). The molecule has 1 heterocycles. The number of alkyl halides is 1. The molecular formula is C17H20ClN. The molecule has 19 heavy (non-hydrogen) atoms. The molecule has 1 aliphatic heterocycles. The minimum absolute atomic E-state index is 0.618. The smallest absolute Gasteiger partial charge is 0.0494 e. The Kier molecular flexibility index (Phi) is 2.84. The van der Waals surface area contributed by atoms with Gasteiger partial charge < -0.3 is 4.90 Å². The molecule has 0 radical (unpaired) electrons. The average Bonchev–Trinajstić information content (AvgIpc) is 2.95. The molecule has 2 fully saturated rings. The fraction of sp³-hybridized carbons (Fsp3) is 0.529. The van der Waals surface area contributed by atoms with Crippen LogP contribution in [0.15, 0.2) is 36.4 Å². The standard InChI is InChI=1S/C17H20ClN/c18-9-14-3-1-2-4-17(14)19-10-15-12-5-6-13(8-7-12)16(15)11-19/h1-6,12-13,15-16H,7-11H2. The second-order valence-corrected chi connectivity index (χ2v) is 6.55. The first kappa shape index (κ1) is 11.8. The number of halogens is 1. The lowest BCUT2D eigenvalue weighted by Crippen LogP contribution is -2.35. The van der Waals surface area contributed by atoms with Crippen LogP contribution in [0.5, 0.6) is 0 Å². The van der Waals surface area contributed by atoms with E-state index in [1.165, 1.54) is 37.2 Å². The van der Waals surface area contributed by atoms with Crippen LogP contribution < -0.4 is 4.90 Å². The van der Waals surface area contributed by atoms with Gasteiger partial charge in [-0.25, -0.2) is 0 Å². The van der Waals surface area contributed by atoms with Crippen molar-refractivity contribution in [2.45, 2.75) is 18.7 Å². The Bertz CT molecular complexity index is 488. The van der Waals surface area contributed by atoms with E-state index in [1.54, 1.807) is 0 Å². The van der Waals surface area contributed by atoms with Crippen LogP contribution in [0.2, 0.25) is 0 Å². The Morgan fingerprint density at radius 3 is 2.21 bits per heavy atom. The molecule has 1 saturated heterocycles. The maximum Gasteiger partial charge on any atom is 0.0494 e. The summed E-state index contributed by atoms with van der Waals surface area (Å²) >= 11 is 6.09. The summed E-state index contributed by atoms with van der Waals surface area (Å²) in [4.78, 5) is 2.59. The van der Waals surface area contributed by atoms with Crippen LogP contribution in [0.25, 0.3) is 0 Å². The quantitative estimate of drug-likeness (QED) is 0.580. The van der Waals surface area contributed by atoms with Gasteiger partial charge in [-0.15, -0.1) is 11.6 Å². The van der Waals surface area contributed by atoms with E-state index in [1.807, 2.05) is 0 Å². The second kappa shape index (κ2) is 4.56. The van der Waals surface area contributed by atoms with Crippen molar-refractivity contribution in [2.75, 3.05) is 18.0 Å². The van der Waals surface area contributed by atoms with Crippen molar-refractivity contribution in [1.29, 1.82) is 0 Å². The molecule has 4 unspecified atom stereocenters. The number of allylic oxidation sites excluding steroid dienone is 2. The van der Waals surface area contributed by atoms with Gasteiger partial charge in [-0.3, -0.25) is 0 Å². The number of hydrogen-bond acceptors (Lipinski definition) is 1. The van der Waals surface area contributed by atoms with Gasteiger partial charge in [0.15, 0.2) is 0 Å². The largest absolute Gasteiger partial charge is 0.371 e. The molecule has 100 valence electrons. The highest BCUT2D eigenvalue weighted by Crippen LogP contribution is 2.49. The number of hydrogen-bond donors (Lipinski definition) is 0. The van der Waals surface area contributed by atoms with Crippen LogP contribution in [-0.4, -0.2) is 13.1 Å². The Labute approximate surface area is 120 Å². The van der Waals surface area contributed by atoms with E-state index in [9.17, 15) is 0 Å². The van der Waals surface area contributed by atoms with Gasteiger partial charge in [-0.2, -0.15) is 0 Å². The van der Waals surface area contributed by atoms with Gasteiger partial charge in [-0.1, -0.05) is 30.4 Å². The summed E-state index contributed by atoms with van der Waals surface area (Å²) in [6.07, 6.45) is 7.80. The molecule has 1 nitrogen and oxygen atoms in total. The zero-order valence-electron chi connectivity index (χ0n) is 11.1. The summed E-state index contributed by atoms with van der Waals surface area (Å²) in [6, 6.07) is 8.64. The van der Waals surface area contributed by atoms with Crippen LogP contribution in [0.3, 0.4) is 0 Å². The van der Waals surface area contributed by atoms with Gasteiger partial charge >= 0.3 is 0 Å². The lowest BCUT2D eigenvalue weighted by molar-refractivity contribution is 0.169. The molecule has 2 bridgehead atoms. The van der Waals surface area contributed by atoms with Gasteiger partial charge in [0.1, 0.15) is 0 Å². The van der Waals surface area contributed by atoms with Crippen molar-refractivity contribution in [3.63, 3.8) is 0 Å². The number of nitrogens with zero attached hydrogens (tertiary/aromatic N) is 1. The highest BCUT2D eigenvalue weighted by atomic mass is 35.5. The summed E-state index contributed by atoms with van der Waals surface area (Å²) in [7, 11) is 0. The van der Waals surface area contributed by atoms with Gasteiger partial charge in [0, 0.05) is 24.7 Å². The van der Waals surface area contributed by atoms with Crippen molar-refractivity contribution in [1.82, 2.24) is 0 Å². The predicted octanol–water partition coefficient (Wildman–Crippen LogP) is 4.07. The van der Waals surface area contributed by atoms with E-state index < -0.39 is 0 Å². The maximum atomic E-state index is 6.09. The van der Waals surface area contributed by atoms with Gasteiger partial charge in [0.2, 0.25) is 0 Å². The van der Waals surface area contributed by atoms with E-state index in [-0.39, 0.29) is 0 Å². The lowest BCUT2D eigenvalue weighted by Gasteiger charge is -2.40. The summed E-state index contributed by atoms with van der Waals surface area (Å²) in [5.74, 6) is 4.05. The molecule has 0 spiro atoms. The molecule has 4 aliphatic rings. The first-order chi connectivity index (χ1) is 9.36. The highest BCUT2D eigenvalue weighted by molar-refractivity contribution is 6.17. The molecule has 1 aromatic rings. The predicted molar refractivity (Wildman–Crippen MR) is 80.5 cm³/mol. The third-order valence-corrected chi connectivity index (χ3v) is 5.72. The Hall–Kier alpha value is -0.950.